The summed E-state index contributed by atoms with van der Waals surface area (Å²) in [5.74, 6) is -0.00631. The van der Waals surface area contributed by atoms with Crippen LogP contribution in [0.4, 0.5) is 10.3 Å². The van der Waals surface area contributed by atoms with Gasteiger partial charge in [-0.05, 0) is 33.2 Å². The van der Waals surface area contributed by atoms with Crippen LogP contribution in [0.5, 0.6) is 0 Å². The van der Waals surface area contributed by atoms with Gasteiger partial charge in [-0.2, -0.15) is 4.98 Å². The summed E-state index contributed by atoms with van der Waals surface area (Å²) in [5.41, 5.74) is -0.345. The van der Waals surface area contributed by atoms with Crippen LogP contribution in [0, 0.1) is 5.82 Å². The lowest BCUT2D eigenvalue weighted by atomic mass is 10.1. The highest BCUT2D eigenvalue weighted by Crippen LogP contribution is 2.09. The Morgan fingerprint density at radius 3 is 2.89 bits per heavy atom. The van der Waals surface area contributed by atoms with E-state index >= 15 is 0 Å². The van der Waals surface area contributed by atoms with E-state index in [1.54, 1.807) is 13.0 Å². The molecule has 0 aliphatic heterocycles. The normalized spacial score (nSPS) is 14.8. The van der Waals surface area contributed by atoms with Gasteiger partial charge in [0.05, 0.1) is 11.8 Å². The predicted molar refractivity (Wildman–Crippen MR) is 70.6 cm³/mol. The van der Waals surface area contributed by atoms with Gasteiger partial charge in [-0.15, -0.1) is 5.10 Å². The second-order valence-corrected chi connectivity index (χ2v) is 5.17. The maximum atomic E-state index is 13.0. The number of rotatable bonds is 5. The highest BCUT2D eigenvalue weighted by Gasteiger charge is 2.21. The van der Waals surface area contributed by atoms with Gasteiger partial charge in [0.15, 0.2) is 5.65 Å². The van der Waals surface area contributed by atoms with Crippen LogP contribution in [0.2, 0.25) is 0 Å². The van der Waals surface area contributed by atoms with Crippen molar-refractivity contribution in [1.82, 2.24) is 19.5 Å². The van der Waals surface area contributed by atoms with Crippen molar-refractivity contribution in [3.63, 3.8) is 0 Å². The van der Waals surface area contributed by atoms with Crippen molar-refractivity contribution in [2.24, 2.45) is 0 Å². The number of pyridine rings is 1. The zero-order chi connectivity index (χ0) is 14.0. The van der Waals surface area contributed by atoms with Gasteiger partial charge >= 0.3 is 0 Å². The first-order chi connectivity index (χ1) is 8.85. The first-order valence-corrected chi connectivity index (χ1v) is 5.99. The maximum Gasteiger partial charge on any atom is 0.243 e. The third-order valence-electron chi connectivity index (χ3n) is 2.58. The van der Waals surface area contributed by atoms with E-state index in [0.29, 0.717) is 24.7 Å². The Labute approximate surface area is 110 Å². The van der Waals surface area contributed by atoms with Gasteiger partial charge in [0.1, 0.15) is 5.82 Å². The van der Waals surface area contributed by atoms with Gasteiger partial charge in [0, 0.05) is 13.1 Å². The van der Waals surface area contributed by atoms with E-state index in [9.17, 15) is 9.50 Å². The van der Waals surface area contributed by atoms with Crippen molar-refractivity contribution >= 4 is 11.6 Å². The smallest absolute Gasteiger partial charge is 0.243 e. The first kappa shape index (κ1) is 13.7. The topological polar surface area (TPSA) is 65.7 Å². The second kappa shape index (κ2) is 5.10. The Morgan fingerprint density at radius 1 is 1.47 bits per heavy atom. The standard InChI is InChI=1S/C12H18FN5O/c1-12(19,8-17(2)3)7-14-11-15-10-5-4-9(13)6-18(10)16-11/h4-6,19H,7-8H2,1-3H3,(H,14,16). The molecule has 0 bridgehead atoms. The number of anilines is 1. The van der Waals surface area contributed by atoms with Crippen molar-refractivity contribution in [3.05, 3.63) is 24.1 Å². The number of hydrogen-bond acceptors (Lipinski definition) is 5. The van der Waals surface area contributed by atoms with E-state index in [2.05, 4.69) is 15.4 Å². The van der Waals surface area contributed by atoms with Crippen LogP contribution in [0.15, 0.2) is 18.3 Å². The Hall–Kier alpha value is -1.73. The number of aliphatic hydroxyl groups is 1. The molecule has 0 amide bonds. The molecule has 104 valence electrons. The number of hydrogen-bond donors (Lipinski definition) is 2. The minimum Gasteiger partial charge on any atom is -0.387 e. The van der Waals surface area contributed by atoms with Crippen LogP contribution in [-0.4, -0.2) is 57.4 Å². The zero-order valence-corrected chi connectivity index (χ0v) is 11.3. The molecular weight excluding hydrogens is 249 g/mol. The second-order valence-electron chi connectivity index (χ2n) is 5.17. The van der Waals surface area contributed by atoms with Crippen molar-refractivity contribution in [1.29, 1.82) is 0 Å². The fraction of sp³-hybridized carbons (Fsp3) is 0.500. The van der Waals surface area contributed by atoms with Crippen molar-refractivity contribution in [2.45, 2.75) is 12.5 Å². The summed E-state index contributed by atoms with van der Waals surface area (Å²) in [7, 11) is 3.78. The van der Waals surface area contributed by atoms with Gasteiger partial charge in [-0.3, -0.25) is 0 Å². The fourth-order valence-corrected chi connectivity index (χ4v) is 1.94. The minimum atomic E-state index is -0.897. The minimum absolute atomic E-state index is 0.310. The van der Waals surface area contributed by atoms with Crippen LogP contribution >= 0.6 is 0 Å². The SMILES string of the molecule is CN(C)CC(C)(O)CNc1nc2ccc(F)cn2n1. The molecule has 0 aliphatic carbocycles. The van der Waals surface area contributed by atoms with Crippen molar-refractivity contribution in [3.8, 4) is 0 Å². The lowest BCUT2D eigenvalue weighted by Gasteiger charge is -2.26. The summed E-state index contributed by atoms with van der Waals surface area (Å²) in [5, 5.41) is 17.2. The van der Waals surface area contributed by atoms with Gasteiger partial charge in [-0.1, -0.05) is 0 Å². The molecule has 2 rings (SSSR count). The molecule has 2 heterocycles. The highest BCUT2D eigenvalue weighted by atomic mass is 19.1. The average Bonchev–Trinajstić information content (AvgIpc) is 2.66. The van der Waals surface area contributed by atoms with E-state index in [-0.39, 0.29) is 5.82 Å². The molecule has 6 nitrogen and oxygen atoms in total. The lowest BCUT2D eigenvalue weighted by Crippen LogP contribution is -2.43. The van der Waals surface area contributed by atoms with Gasteiger partial charge in [-0.25, -0.2) is 8.91 Å². The summed E-state index contributed by atoms with van der Waals surface area (Å²) in [4.78, 5) is 6.08. The zero-order valence-electron chi connectivity index (χ0n) is 11.3. The maximum absolute atomic E-state index is 13.0. The van der Waals surface area contributed by atoms with Gasteiger partial charge in [0.25, 0.3) is 0 Å². The molecule has 0 aliphatic rings. The summed E-state index contributed by atoms with van der Waals surface area (Å²) in [6.07, 6.45) is 1.26. The van der Waals surface area contributed by atoms with E-state index in [4.69, 9.17) is 0 Å². The number of fused-ring (bicyclic) bond motifs is 1. The molecule has 0 saturated heterocycles. The number of likely N-dealkylation sites (N-methyl/N-ethyl adjacent to an activating group) is 1. The molecule has 2 aromatic heterocycles. The molecular formula is C12H18FN5O. The predicted octanol–water partition coefficient (Wildman–Crippen LogP) is 0.593. The third kappa shape index (κ3) is 3.62. The summed E-state index contributed by atoms with van der Waals surface area (Å²) in [6.45, 7) is 2.56. The van der Waals surface area contributed by atoms with E-state index in [0.717, 1.165) is 0 Å². The van der Waals surface area contributed by atoms with E-state index in [1.165, 1.54) is 16.8 Å². The van der Waals surface area contributed by atoms with Gasteiger partial charge < -0.3 is 15.3 Å². The molecule has 19 heavy (non-hydrogen) atoms. The highest BCUT2D eigenvalue weighted by molar-refractivity contribution is 5.43. The van der Waals surface area contributed by atoms with Crippen LogP contribution in [0.1, 0.15) is 6.92 Å². The van der Waals surface area contributed by atoms with Crippen LogP contribution in [0.3, 0.4) is 0 Å². The number of halogens is 1. The Kier molecular flexibility index (Phi) is 3.68. The molecule has 2 aromatic rings. The summed E-state index contributed by atoms with van der Waals surface area (Å²) >= 11 is 0. The Morgan fingerprint density at radius 2 is 2.21 bits per heavy atom. The van der Waals surface area contributed by atoms with Crippen molar-refractivity contribution in [2.75, 3.05) is 32.5 Å². The van der Waals surface area contributed by atoms with Crippen LogP contribution in [-0.2, 0) is 0 Å². The number of nitrogens with zero attached hydrogens (tertiary/aromatic N) is 4. The molecule has 2 N–H and O–H groups in total. The summed E-state index contributed by atoms with van der Waals surface area (Å²) in [6, 6.07) is 2.88. The molecule has 1 atom stereocenters. The quantitative estimate of drug-likeness (QED) is 0.830. The monoisotopic (exact) mass is 267 g/mol. The lowest BCUT2D eigenvalue weighted by molar-refractivity contribution is 0.0458. The number of aromatic nitrogens is 3. The molecule has 1 unspecified atom stereocenters. The fourth-order valence-electron chi connectivity index (χ4n) is 1.94. The van der Waals surface area contributed by atoms with Crippen LogP contribution in [0.25, 0.3) is 5.65 Å². The van der Waals surface area contributed by atoms with Gasteiger partial charge in [0.2, 0.25) is 5.95 Å². The van der Waals surface area contributed by atoms with Crippen molar-refractivity contribution < 1.29 is 9.50 Å². The molecule has 7 heteroatoms. The molecule has 0 saturated carbocycles. The molecule has 0 fully saturated rings. The summed E-state index contributed by atoms with van der Waals surface area (Å²) < 4.78 is 14.4. The first-order valence-electron chi connectivity index (χ1n) is 5.99. The number of nitrogens with one attached hydrogen (secondary N) is 1. The van der Waals surface area contributed by atoms with Crippen LogP contribution < -0.4 is 5.32 Å². The molecule has 0 spiro atoms. The molecule has 0 aromatic carbocycles. The Bertz CT molecular complexity index is 566. The average molecular weight is 267 g/mol. The van der Waals surface area contributed by atoms with E-state index < -0.39 is 5.60 Å². The molecule has 0 radical (unpaired) electrons. The third-order valence-corrected chi connectivity index (χ3v) is 2.58. The largest absolute Gasteiger partial charge is 0.387 e. The Balaban J connectivity index is 2.05. The van der Waals surface area contributed by atoms with E-state index in [1.807, 2.05) is 19.0 Å².